The molecule has 1 rings (SSSR count). The smallest absolute Gasteiger partial charge is 0.191 e. The van der Waals surface area contributed by atoms with E-state index in [2.05, 4.69) is 26.0 Å². The molecule has 108 valence electrons. The maximum absolute atomic E-state index is 5.69. The van der Waals surface area contributed by atoms with Crippen molar-refractivity contribution >= 4 is 0 Å². The molecule has 0 amide bonds. The van der Waals surface area contributed by atoms with Gasteiger partial charge in [0.15, 0.2) is 6.29 Å². The van der Waals surface area contributed by atoms with Crippen LogP contribution in [0.1, 0.15) is 45.6 Å². The van der Waals surface area contributed by atoms with Gasteiger partial charge in [-0.2, -0.15) is 0 Å². The van der Waals surface area contributed by atoms with Crippen LogP contribution in [-0.2, 0) is 9.47 Å². The minimum Gasteiger partial charge on any atom is -0.488 e. The van der Waals surface area contributed by atoms with Crippen molar-refractivity contribution in [3.05, 3.63) is 29.8 Å². The number of hydrogen-bond donors (Lipinski definition) is 0. The van der Waals surface area contributed by atoms with E-state index in [0.29, 0.717) is 25.7 Å². The van der Waals surface area contributed by atoms with E-state index in [9.17, 15) is 0 Å². The molecule has 1 atom stereocenters. The second-order valence-electron chi connectivity index (χ2n) is 4.53. The summed E-state index contributed by atoms with van der Waals surface area (Å²) >= 11 is 0. The van der Waals surface area contributed by atoms with Crippen molar-refractivity contribution in [3.63, 3.8) is 0 Å². The van der Waals surface area contributed by atoms with E-state index in [0.717, 1.165) is 12.2 Å². The molecule has 0 aromatic heterocycles. The van der Waals surface area contributed by atoms with Crippen LogP contribution in [0.3, 0.4) is 0 Å². The fraction of sp³-hybridized carbons (Fsp3) is 0.625. The van der Waals surface area contributed by atoms with Crippen LogP contribution >= 0.6 is 0 Å². The van der Waals surface area contributed by atoms with Gasteiger partial charge in [0, 0.05) is 13.2 Å². The first-order chi connectivity index (χ1) is 9.21. The summed E-state index contributed by atoms with van der Waals surface area (Å²) in [5.41, 5.74) is 1.35. The summed E-state index contributed by atoms with van der Waals surface area (Å²) < 4.78 is 16.6. The van der Waals surface area contributed by atoms with Gasteiger partial charge in [0.05, 0.1) is 0 Å². The quantitative estimate of drug-likeness (QED) is 0.633. The lowest BCUT2D eigenvalue weighted by molar-refractivity contribution is -0.152. The molecule has 0 saturated carbocycles. The Hall–Kier alpha value is -1.06. The van der Waals surface area contributed by atoms with Crippen LogP contribution < -0.4 is 4.74 Å². The van der Waals surface area contributed by atoms with Gasteiger partial charge in [-0.25, -0.2) is 0 Å². The first-order valence-electron chi connectivity index (χ1n) is 7.17. The third kappa shape index (κ3) is 5.62. The van der Waals surface area contributed by atoms with Gasteiger partial charge in [-0.05, 0) is 43.9 Å². The van der Waals surface area contributed by atoms with Crippen LogP contribution in [0.2, 0.25) is 0 Å². The summed E-state index contributed by atoms with van der Waals surface area (Å²) in [5, 5.41) is 0. The Morgan fingerprint density at radius 2 is 1.53 bits per heavy atom. The van der Waals surface area contributed by atoms with E-state index >= 15 is 0 Å². The molecule has 0 fully saturated rings. The van der Waals surface area contributed by atoms with Gasteiger partial charge < -0.3 is 14.2 Å². The standard InChI is InChI=1S/C16H26O3/c1-5-13(4)14-8-10-15(11-9-14)19-12-16(17-6-2)18-7-3/h8-11,13,16H,5-7,12H2,1-4H3. The molecule has 0 spiro atoms. The first-order valence-corrected chi connectivity index (χ1v) is 7.17. The highest BCUT2D eigenvalue weighted by Crippen LogP contribution is 2.21. The fourth-order valence-electron chi connectivity index (χ4n) is 1.81. The zero-order valence-corrected chi connectivity index (χ0v) is 12.5. The molecule has 0 radical (unpaired) electrons. The summed E-state index contributed by atoms with van der Waals surface area (Å²) in [5.74, 6) is 1.45. The monoisotopic (exact) mass is 266 g/mol. The molecule has 1 unspecified atom stereocenters. The van der Waals surface area contributed by atoms with Crippen molar-refractivity contribution in [1.29, 1.82) is 0 Å². The predicted molar refractivity (Wildman–Crippen MR) is 77.7 cm³/mol. The van der Waals surface area contributed by atoms with Crippen molar-refractivity contribution in [2.45, 2.75) is 46.3 Å². The second-order valence-corrected chi connectivity index (χ2v) is 4.53. The Bertz CT molecular complexity index is 328. The molecule has 0 bridgehead atoms. The second kappa shape index (κ2) is 8.94. The minimum atomic E-state index is -0.288. The Morgan fingerprint density at radius 3 is 2.00 bits per heavy atom. The molecule has 0 heterocycles. The number of benzene rings is 1. The summed E-state index contributed by atoms with van der Waals surface area (Å²) in [4.78, 5) is 0. The largest absolute Gasteiger partial charge is 0.488 e. The molecular formula is C16H26O3. The lowest BCUT2D eigenvalue weighted by Gasteiger charge is -2.17. The van der Waals surface area contributed by atoms with Crippen LogP contribution in [0.4, 0.5) is 0 Å². The van der Waals surface area contributed by atoms with E-state index in [-0.39, 0.29) is 6.29 Å². The summed E-state index contributed by atoms with van der Waals surface area (Å²) in [6.45, 7) is 10.0. The van der Waals surface area contributed by atoms with Crippen LogP contribution in [0.15, 0.2) is 24.3 Å². The molecule has 3 heteroatoms. The maximum Gasteiger partial charge on any atom is 0.191 e. The SMILES string of the molecule is CCOC(COc1ccc(C(C)CC)cc1)OCC. The highest BCUT2D eigenvalue weighted by atomic mass is 16.7. The fourth-order valence-corrected chi connectivity index (χ4v) is 1.81. The zero-order chi connectivity index (χ0) is 14.1. The van der Waals surface area contributed by atoms with E-state index in [1.165, 1.54) is 5.56 Å². The average molecular weight is 266 g/mol. The summed E-state index contributed by atoms with van der Waals surface area (Å²) in [7, 11) is 0. The van der Waals surface area contributed by atoms with Gasteiger partial charge in [-0.15, -0.1) is 0 Å². The summed E-state index contributed by atoms with van der Waals surface area (Å²) in [6, 6.07) is 8.27. The Labute approximate surface area is 116 Å². The van der Waals surface area contributed by atoms with Gasteiger partial charge in [-0.1, -0.05) is 26.0 Å². The van der Waals surface area contributed by atoms with Gasteiger partial charge >= 0.3 is 0 Å². The zero-order valence-electron chi connectivity index (χ0n) is 12.5. The van der Waals surface area contributed by atoms with Gasteiger partial charge in [-0.3, -0.25) is 0 Å². The van der Waals surface area contributed by atoms with Crippen LogP contribution in [0, 0.1) is 0 Å². The maximum atomic E-state index is 5.69. The van der Waals surface area contributed by atoms with Crippen LogP contribution in [-0.4, -0.2) is 26.1 Å². The predicted octanol–water partition coefficient (Wildman–Crippen LogP) is 3.98. The molecule has 19 heavy (non-hydrogen) atoms. The third-order valence-corrected chi connectivity index (χ3v) is 3.15. The van der Waals surface area contributed by atoms with Crippen LogP contribution in [0.5, 0.6) is 5.75 Å². The highest BCUT2D eigenvalue weighted by molar-refractivity contribution is 5.29. The molecule has 0 N–H and O–H groups in total. The lowest BCUT2D eigenvalue weighted by atomic mass is 9.99. The van der Waals surface area contributed by atoms with Crippen molar-refractivity contribution in [1.82, 2.24) is 0 Å². The molecule has 1 aromatic rings. The van der Waals surface area contributed by atoms with E-state index in [1.54, 1.807) is 0 Å². The topological polar surface area (TPSA) is 27.7 Å². The van der Waals surface area contributed by atoms with Crippen molar-refractivity contribution < 1.29 is 14.2 Å². The Kier molecular flexibility index (Phi) is 7.53. The molecular weight excluding hydrogens is 240 g/mol. The molecule has 3 nitrogen and oxygen atoms in total. The highest BCUT2D eigenvalue weighted by Gasteiger charge is 2.09. The number of hydrogen-bond acceptors (Lipinski definition) is 3. The number of ether oxygens (including phenoxy) is 3. The van der Waals surface area contributed by atoms with Gasteiger partial charge in [0.2, 0.25) is 0 Å². The van der Waals surface area contributed by atoms with E-state index < -0.39 is 0 Å². The Balaban J connectivity index is 2.48. The average Bonchev–Trinajstić information content (AvgIpc) is 2.45. The van der Waals surface area contributed by atoms with E-state index in [1.807, 2.05) is 26.0 Å². The minimum absolute atomic E-state index is 0.288. The molecule has 0 aliphatic rings. The normalized spacial score (nSPS) is 12.7. The molecule has 0 saturated heterocycles. The Morgan fingerprint density at radius 1 is 0.947 bits per heavy atom. The van der Waals surface area contributed by atoms with Crippen molar-refractivity contribution in [3.8, 4) is 5.75 Å². The molecule has 0 aliphatic carbocycles. The lowest BCUT2D eigenvalue weighted by Crippen LogP contribution is -2.25. The van der Waals surface area contributed by atoms with Crippen molar-refractivity contribution in [2.75, 3.05) is 19.8 Å². The van der Waals surface area contributed by atoms with Gasteiger partial charge in [0.1, 0.15) is 12.4 Å². The molecule has 0 aliphatic heterocycles. The first kappa shape index (κ1) is 16.0. The number of rotatable bonds is 9. The van der Waals surface area contributed by atoms with Crippen molar-refractivity contribution in [2.24, 2.45) is 0 Å². The van der Waals surface area contributed by atoms with Gasteiger partial charge in [0.25, 0.3) is 0 Å². The molecule has 1 aromatic carbocycles. The third-order valence-electron chi connectivity index (χ3n) is 3.15. The summed E-state index contributed by atoms with van der Waals surface area (Å²) in [6.07, 6.45) is 0.862. The van der Waals surface area contributed by atoms with Crippen LogP contribution in [0.25, 0.3) is 0 Å². The van der Waals surface area contributed by atoms with E-state index in [4.69, 9.17) is 14.2 Å².